The molecule has 0 saturated carbocycles. The largest absolute Gasteiger partial charge is 0.493 e. The minimum Gasteiger partial charge on any atom is -0.493 e. The van der Waals surface area contributed by atoms with Crippen LogP contribution in [0.4, 0.5) is 0 Å². The highest BCUT2D eigenvalue weighted by atomic mass is 16.5. The number of benzene rings is 1. The maximum Gasteiger partial charge on any atom is 0.161 e. The van der Waals surface area contributed by atoms with Crippen LogP contribution in [0.25, 0.3) is 0 Å². The van der Waals surface area contributed by atoms with Crippen molar-refractivity contribution in [1.82, 2.24) is 0 Å². The fourth-order valence-electron chi connectivity index (χ4n) is 1.43. The molecule has 15 heavy (non-hydrogen) atoms. The van der Waals surface area contributed by atoms with Gasteiger partial charge in [0.25, 0.3) is 0 Å². The van der Waals surface area contributed by atoms with Crippen LogP contribution >= 0.6 is 0 Å². The molecule has 0 amide bonds. The number of ether oxygens (including phenoxy) is 2. The van der Waals surface area contributed by atoms with E-state index in [0.717, 1.165) is 24.5 Å². The number of hydrogen-bond donors (Lipinski definition) is 0. The monoisotopic (exact) mass is 208 g/mol. The van der Waals surface area contributed by atoms with Gasteiger partial charge in [0, 0.05) is 0 Å². The minimum atomic E-state index is 0.771. The molecular formula is C13H20O2. The van der Waals surface area contributed by atoms with Crippen LogP contribution in [-0.4, -0.2) is 13.7 Å². The van der Waals surface area contributed by atoms with Crippen molar-refractivity contribution in [1.29, 1.82) is 0 Å². The highest BCUT2D eigenvalue weighted by Gasteiger charge is 2.03. The van der Waals surface area contributed by atoms with E-state index < -0.39 is 0 Å². The predicted octanol–water partition coefficient (Wildman–Crippen LogP) is 3.57. The summed E-state index contributed by atoms with van der Waals surface area (Å²) in [5.41, 5.74) is 1.19. The molecule has 0 unspecified atom stereocenters. The fourth-order valence-corrected chi connectivity index (χ4v) is 1.43. The summed E-state index contributed by atoms with van der Waals surface area (Å²) in [6, 6.07) is 6.01. The summed E-state index contributed by atoms with van der Waals surface area (Å²) >= 11 is 0. The fraction of sp³-hybridized carbons (Fsp3) is 0.538. The number of hydrogen-bond acceptors (Lipinski definition) is 2. The van der Waals surface area contributed by atoms with Crippen LogP contribution < -0.4 is 9.47 Å². The van der Waals surface area contributed by atoms with Gasteiger partial charge in [-0.3, -0.25) is 0 Å². The van der Waals surface area contributed by atoms with E-state index in [0.29, 0.717) is 0 Å². The summed E-state index contributed by atoms with van der Waals surface area (Å²) in [7, 11) is 1.67. The van der Waals surface area contributed by atoms with Crippen molar-refractivity contribution >= 4 is 0 Å². The van der Waals surface area contributed by atoms with Gasteiger partial charge in [-0.15, -0.1) is 0 Å². The first-order valence-electron chi connectivity index (χ1n) is 5.55. The van der Waals surface area contributed by atoms with Gasteiger partial charge in [0.2, 0.25) is 0 Å². The summed E-state index contributed by atoms with van der Waals surface area (Å²) in [6.07, 6.45) is 3.54. The molecule has 0 fully saturated rings. The van der Waals surface area contributed by atoms with Crippen LogP contribution in [0.2, 0.25) is 0 Å². The van der Waals surface area contributed by atoms with E-state index in [1.807, 2.05) is 25.1 Å². The molecule has 0 heterocycles. The maximum absolute atomic E-state index is 5.66. The van der Waals surface area contributed by atoms with E-state index in [1.54, 1.807) is 7.11 Å². The third kappa shape index (κ3) is 3.82. The molecule has 0 aliphatic carbocycles. The second kappa shape index (κ2) is 6.33. The molecule has 0 N–H and O–H groups in total. The van der Waals surface area contributed by atoms with Crippen molar-refractivity contribution in [3.8, 4) is 11.5 Å². The quantitative estimate of drug-likeness (QED) is 0.665. The van der Waals surface area contributed by atoms with Gasteiger partial charge in [-0.2, -0.15) is 0 Å². The standard InChI is InChI=1S/C13H20O2/c1-4-5-6-9-15-12-8-7-11(2)10-13(12)14-3/h7-8,10H,4-6,9H2,1-3H3. The molecule has 0 saturated heterocycles. The molecule has 0 aliphatic heterocycles. The van der Waals surface area contributed by atoms with E-state index in [1.165, 1.54) is 18.4 Å². The Hall–Kier alpha value is -1.18. The van der Waals surface area contributed by atoms with Gasteiger partial charge >= 0.3 is 0 Å². The third-order valence-corrected chi connectivity index (χ3v) is 2.32. The summed E-state index contributed by atoms with van der Waals surface area (Å²) < 4.78 is 10.9. The van der Waals surface area contributed by atoms with Gasteiger partial charge in [-0.1, -0.05) is 25.8 Å². The molecule has 1 aromatic carbocycles. The van der Waals surface area contributed by atoms with Crippen LogP contribution in [0.3, 0.4) is 0 Å². The van der Waals surface area contributed by atoms with Gasteiger partial charge in [0.1, 0.15) is 0 Å². The smallest absolute Gasteiger partial charge is 0.161 e. The topological polar surface area (TPSA) is 18.5 Å². The van der Waals surface area contributed by atoms with Crippen LogP contribution in [-0.2, 0) is 0 Å². The highest BCUT2D eigenvalue weighted by molar-refractivity contribution is 5.42. The lowest BCUT2D eigenvalue weighted by Crippen LogP contribution is -1.99. The summed E-state index contributed by atoms with van der Waals surface area (Å²) in [6.45, 7) is 5.00. The zero-order valence-corrected chi connectivity index (χ0v) is 9.88. The molecule has 0 bridgehead atoms. The van der Waals surface area contributed by atoms with Crippen LogP contribution in [0, 0.1) is 6.92 Å². The number of aryl methyl sites for hydroxylation is 1. The molecule has 0 atom stereocenters. The second-order valence-corrected chi connectivity index (χ2v) is 3.71. The Morgan fingerprint density at radius 2 is 1.93 bits per heavy atom. The van der Waals surface area contributed by atoms with Crippen LogP contribution in [0.15, 0.2) is 18.2 Å². The van der Waals surface area contributed by atoms with E-state index in [2.05, 4.69) is 6.92 Å². The Labute approximate surface area is 92.2 Å². The van der Waals surface area contributed by atoms with Crippen molar-refractivity contribution in [2.45, 2.75) is 33.1 Å². The number of methoxy groups -OCH3 is 1. The average Bonchev–Trinajstić information content (AvgIpc) is 2.26. The molecule has 0 radical (unpaired) electrons. The van der Waals surface area contributed by atoms with E-state index in [4.69, 9.17) is 9.47 Å². The van der Waals surface area contributed by atoms with E-state index >= 15 is 0 Å². The molecule has 0 aliphatic rings. The zero-order valence-electron chi connectivity index (χ0n) is 9.88. The number of unbranched alkanes of at least 4 members (excludes halogenated alkanes) is 2. The van der Waals surface area contributed by atoms with Crippen molar-refractivity contribution in [3.05, 3.63) is 23.8 Å². The van der Waals surface area contributed by atoms with Crippen molar-refractivity contribution < 1.29 is 9.47 Å². The third-order valence-electron chi connectivity index (χ3n) is 2.32. The second-order valence-electron chi connectivity index (χ2n) is 3.71. The van der Waals surface area contributed by atoms with Crippen molar-refractivity contribution in [3.63, 3.8) is 0 Å². The molecule has 1 rings (SSSR count). The normalized spacial score (nSPS) is 10.1. The summed E-state index contributed by atoms with van der Waals surface area (Å²) in [5.74, 6) is 1.67. The Morgan fingerprint density at radius 1 is 1.13 bits per heavy atom. The van der Waals surface area contributed by atoms with Crippen LogP contribution in [0.5, 0.6) is 11.5 Å². The molecule has 0 aromatic heterocycles. The lowest BCUT2D eigenvalue weighted by atomic mass is 10.2. The lowest BCUT2D eigenvalue weighted by molar-refractivity contribution is 0.286. The zero-order chi connectivity index (χ0) is 11.1. The molecule has 2 heteroatoms. The first-order chi connectivity index (χ1) is 7.27. The molecular weight excluding hydrogens is 188 g/mol. The van der Waals surface area contributed by atoms with Crippen LogP contribution in [0.1, 0.15) is 31.7 Å². The Kier molecular flexibility index (Phi) is 5.02. The molecule has 1 aromatic rings. The van der Waals surface area contributed by atoms with Crippen molar-refractivity contribution in [2.24, 2.45) is 0 Å². The molecule has 84 valence electrons. The molecule has 0 spiro atoms. The number of rotatable bonds is 6. The Morgan fingerprint density at radius 3 is 2.60 bits per heavy atom. The first kappa shape index (κ1) is 11.9. The van der Waals surface area contributed by atoms with Gasteiger partial charge in [0.05, 0.1) is 13.7 Å². The lowest BCUT2D eigenvalue weighted by Gasteiger charge is -2.10. The van der Waals surface area contributed by atoms with E-state index in [-0.39, 0.29) is 0 Å². The Bertz CT molecular complexity index is 295. The summed E-state index contributed by atoms with van der Waals surface area (Å²) in [4.78, 5) is 0. The highest BCUT2D eigenvalue weighted by Crippen LogP contribution is 2.27. The van der Waals surface area contributed by atoms with Gasteiger partial charge < -0.3 is 9.47 Å². The Balaban J connectivity index is 2.52. The SMILES string of the molecule is CCCCCOc1ccc(C)cc1OC. The van der Waals surface area contributed by atoms with Gasteiger partial charge in [0.15, 0.2) is 11.5 Å². The predicted molar refractivity (Wildman–Crippen MR) is 62.8 cm³/mol. The van der Waals surface area contributed by atoms with Crippen molar-refractivity contribution in [2.75, 3.05) is 13.7 Å². The van der Waals surface area contributed by atoms with Gasteiger partial charge in [-0.25, -0.2) is 0 Å². The average molecular weight is 208 g/mol. The molecule has 2 nitrogen and oxygen atoms in total. The van der Waals surface area contributed by atoms with E-state index in [9.17, 15) is 0 Å². The minimum absolute atomic E-state index is 0.771. The first-order valence-corrected chi connectivity index (χ1v) is 5.55. The van der Waals surface area contributed by atoms with Gasteiger partial charge in [-0.05, 0) is 31.0 Å². The summed E-state index contributed by atoms with van der Waals surface area (Å²) in [5, 5.41) is 0. The maximum atomic E-state index is 5.66.